The van der Waals surface area contributed by atoms with Crippen LogP contribution < -0.4 is 5.32 Å². The molecule has 0 spiro atoms. The fraction of sp³-hybridized carbons (Fsp3) is 0.882. The highest BCUT2D eigenvalue weighted by atomic mass is 16.2. The highest BCUT2D eigenvalue weighted by Crippen LogP contribution is 2.39. The smallest absolute Gasteiger partial charge is 0.248 e. The third kappa shape index (κ3) is 2.95. The van der Waals surface area contributed by atoms with Gasteiger partial charge in [-0.25, -0.2) is 0 Å². The summed E-state index contributed by atoms with van der Waals surface area (Å²) in [6.45, 7) is 10.4. The highest BCUT2D eigenvalue weighted by Gasteiger charge is 2.49. The minimum Gasteiger partial charge on any atom is -0.340 e. The van der Waals surface area contributed by atoms with E-state index in [1.807, 2.05) is 25.7 Å². The number of rotatable bonds is 3. The molecule has 2 fully saturated rings. The predicted octanol–water partition coefficient (Wildman–Crippen LogP) is 2.86. The topological polar surface area (TPSA) is 49.4 Å². The molecular formula is C17H30N2O2. The molecule has 4 nitrogen and oxygen atoms in total. The first-order valence-electron chi connectivity index (χ1n) is 8.39. The van der Waals surface area contributed by atoms with Gasteiger partial charge < -0.3 is 10.2 Å². The molecule has 4 heteroatoms. The van der Waals surface area contributed by atoms with Gasteiger partial charge in [0.15, 0.2) is 0 Å². The van der Waals surface area contributed by atoms with Gasteiger partial charge in [-0.1, -0.05) is 34.1 Å². The molecule has 1 saturated carbocycles. The minimum absolute atomic E-state index is 0.0184. The maximum absolute atomic E-state index is 13.0. The second-order valence-electron chi connectivity index (χ2n) is 7.73. The Balaban J connectivity index is 2.31. The molecule has 1 aliphatic heterocycles. The van der Waals surface area contributed by atoms with Gasteiger partial charge in [0, 0.05) is 6.04 Å². The average Bonchev–Trinajstić information content (AvgIpc) is 2.41. The summed E-state index contributed by atoms with van der Waals surface area (Å²) in [7, 11) is 0. The van der Waals surface area contributed by atoms with E-state index in [9.17, 15) is 9.59 Å². The Labute approximate surface area is 128 Å². The van der Waals surface area contributed by atoms with Gasteiger partial charge >= 0.3 is 0 Å². The number of nitrogens with zero attached hydrogens (tertiary/aromatic N) is 1. The first-order chi connectivity index (χ1) is 9.74. The van der Waals surface area contributed by atoms with E-state index in [0.717, 1.165) is 19.3 Å². The Morgan fingerprint density at radius 2 is 1.90 bits per heavy atom. The van der Waals surface area contributed by atoms with Gasteiger partial charge in [-0.05, 0) is 44.4 Å². The second kappa shape index (κ2) is 5.62. The number of hydrogen-bond acceptors (Lipinski definition) is 2. The van der Waals surface area contributed by atoms with Crippen LogP contribution in [-0.4, -0.2) is 34.3 Å². The lowest BCUT2D eigenvalue weighted by molar-refractivity contribution is -0.159. The standard InChI is InChI=1S/C17H30N2O2/c1-6-13-14(20)18-17(5,7-2)15(21)19(13)12-9-8-10-16(3,4)11-12/h12-13H,6-11H2,1-5H3,(H,18,20). The van der Waals surface area contributed by atoms with Crippen molar-refractivity contribution in [3.8, 4) is 0 Å². The van der Waals surface area contributed by atoms with E-state index in [4.69, 9.17) is 0 Å². The maximum Gasteiger partial charge on any atom is 0.248 e. The fourth-order valence-corrected chi connectivity index (χ4v) is 3.90. The van der Waals surface area contributed by atoms with Gasteiger partial charge in [-0.3, -0.25) is 9.59 Å². The summed E-state index contributed by atoms with van der Waals surface area (Å²) in [5.74, 6) is 0.129. The van der Waals surface area contributed by atoms with Crippen molar-refractivity contribution in [3.63, 3.8) is 0 Å². The SMILES string of the molecule is CCC1C(=O)NC(C)(CC)C(=O)N1C1CCCC(C)(C)C1. The molecule has 1 N–H and O–H groups in total. The molecule has 1 aliphatic carbocycles. The monoisotopic (exact) mass is 294 g/mol. The largest absolute Gasteiger partial charge is 0.340 e. The summed E-state index contributed by atoms with van der Waals surface area (Å²) in [6, 6.07) is -0.0841. The van der Waals surface area contributed by atoms with E-state index < -0.39 is 5.54 Å². The molecule has 21 heavy (non-hydrogen) atoms. The molecule has 2 amide bonds. The molecule has 2 aliphatic rings. The summed E-state index contributed by atoms with van der Waals surface area (Å²) in [5, 5.41) is 2.95. The highest BCUT2D eigenvalue weighted by molar-refractivity contribution is 5.99. The quantitative estimate of drug-likeness (QED) is 0.870. The van der Waals surface area contributed by atoms with E-state index in [1.165, 1.54) is 6.42 Å². The summed E-state index contributed by atoms with van der Waals surface area (Å²) < 4.78 is 0. The van der Waals surface area contributed by atoms with Crippen molar-refractivity contribution in [3.05, 3.63) is 0 Å². The van der Waals surface area contributed by atoms with E-state index in [1.54, 1.807) is 0 Å². The van der Waals surface area contributed by atoms with Gasteiger partial charge in [0.25, 0.3) is 0 Å². The molecule has 1 heterocycles. The van der Waals surface area contributed by atoms with E-state index >= 15 is 0 Å². The summed E-state index contributed by atoms with van der Waals surface area (Å²) in [5.41, 5.74) is -0.470. The van der Waals surface area contributed by atoms with Crippen molar-refractivity contribution in [1.29, 1.82) is 0 Å². The molecule has 0 aromatic rings. The van der Waals surface area contributed by atoms with Crippen molar-refractivity contribution in [2.45, 2.75) is 90.8 Å². The van der Waals surface area contributed by atoms with Crippen LogP contribution in [0.3, 0.4) is 0 Å². The zero-order valence-electron chi connectivity index (χ0n) is 14.2. The van der Waals surface area contributed by atoms with Crippen LogP contribution in [-0.2, 0) is 9.59 Å². The molecule has 120 valence electrons. The van der Waals surface area contributed by atoms with Crippen LogP contribution in [0.1, 0.15) is 73.1 Å². The number of carbonyl (C=O) groups is 2. The molecule has 0 bridgehead atoms. The van der Waals surface area contributed by atoms with E-state index in [2.05, 4.69) is 19.2 Å². The number of amides is 2. The van der Waals surface area contributed by atoms with Crippen LogP contribution in [0, 0.1) is 5.41 Å². The number of piperazine rings is 1. The first kappa shape index (κ1) is 16.3. The second-order valence-corrected chi connectivity index (χ2v) is 7.73. The number of nitrogens with one attached hydrogen (secondary N) is 1. The van der Waals surface area contributed by atoms with Gasteiger partial charge in [0.2, 0.25) is 11.8 Å². The summed E-state index contributed by atoms with van der Waals surface area (Å²) >= 11 is 0. The Kier molecular flexibility index (Phi) is 4.36. The van der Waals surface area contributed by atoms with Gasteiger partial charge in [0.05, 0.1) is 0 Å². The molecular weight excluding hydrogens is 264 g/mol. The molecule has 3 unspecified atom stereocenters. The lowest BCUT2D eigenvalue weighted by atomic mass is 9.73. The van der Waals surface area contributed by atoms with Gasteiger partial charge in [-0.2, -0.15) is 0 Å². The van der Waals surface area contributed by atoms with Crippen molar-refractivity contribution in [2.75, 3.05) is 0 Å². The molecule has 2 rings (SSSR count). The zero-order chi connectivity index (χ0) is 15.8. The van der Waals surface area contributed by atoms with Crippen LogP contribution >= 0.6 is 0 Å². The molecule has 0 radical (unpaired) electrons. The lowest BCUT2D eigenvalue weighted by Crippen LogP contribution is -2.71. The van der Waals surface area contributed by atoms with Crippen LogP contribution in [0.15, 0.2) is 0 Å². The molecule has 3 atom stereocenters. The van der Waals surface area contributed by atoms with Crippen LogP contribution in [0.25, 0.3) is 0 Å². The van der Waals surface area contributed by atoms with Crippen molar-refractivity contribution >= 4 is 11.8 Å². The molecule has 1 saturated heterocycles. The molecule has 0 aromatic heterocycles. The van der Waals surface area contributed by atoms with Crippen molar-refractivity contribution in [1.82, 2.24) is 10.2 Å². The fourth-order valence-electron chi connectivity index (χ4n) is 3.90. The number of hydrogen-bond donors (Lipinski definition) is 1. The minimum atomic E-state index is -0.732. The Morgan fingerprint density at radius 1 is 1.24 bits per heavy atom. The summed E-state index contributed by atoms with van der Waals surface area (Å²) in [4.78, 5) is 27.4. The summed E-state index contributed by atoms with van der Waals surface area (Å²) in [6.07, 6.45) is 5.71. The third-order valence-corrected chi connectivity index (χ3v) is 5.41. The first-order valence-corrected chi connectivity index (χ1v) is 8.39. The predicted molar refractivity (Wildman–Crippen MR) is 83.8 cm³/mol. The van der Waals surface area contributed by atoms with E-state index in [0.29, 0.717) is 12.8 Å². The van der Waals surface area contributed by atoms with Crippen LogP contribution in [0.5, 0.6) is 0 Å². The van der Waals surface area contributed by atoms with Crippen LogP contribution in [0.4, 0.5) is 0 Å². The zero-order valence-corrected chi connectivity index (χ0v) is 14.2. The third-order valence-electron chi connectivity index (χ3n) is 5.41. The number of carbonyl (C=O) groups excluding carboxylic acids is 2. The van der Waals surface area contributed by atoms with E-state index in [-0.39, 0.29) is 29.3 Å². The van der Waals surface area contributed by atoms with Gasteiger partial charge in [0.1, 0.15) is 11.6 Å². The van der Waals surface area contributed by atoms with Crippen molar-refractivity contribution < 1.29 is 9.59 Å². The van der Waals surface area contributed by atoms with Crippen molar-refractivity contribution in [2.24, 2.45) is 5.41 Å². The Bertz CT molecular complexity index is 433. The Hall–Kier alpha value is -1.06. The van der Waals surface area contributed by atoms with Crippen LogP contribution in [0.2, 0.25) is 0 Å². The lowest BCUT2D eigenvalue weighted by Gasteiger charge is -2.50. The average molecular weight is 294 g/mol. The van der Waals surface area contributed by atoms with Gasteiger partial charge in [-0.15, -0.1) is 0 Å². The maximum atomic E-state index is 13.0. The molecule has 0 aromatic carbocycles. The Morgan fingerprint density at radius 3 is 2.43 bits per heavy atom. The normalized spacial score (nSPS) is 36.5.